The van der Waals surface area contributed by atoms with E-state index in [1.54, 1.807) is 29.0 Å². The van der Waals surface area contributed by atoms with E-state index in [4.69, 9.17) is 9.15 Å². The molecule has 0 aliphatic heterocycles. The van der Waals surface area contributed by atoms with Crippen molar-refractivity contribution < 1.29 is 35.5 Å². The van der Waals surface area contributed by atoms with Gasteiger partial charge in [0.05, 0.1) is 12.2 Å². The fourth-order valence-electron chi connectivity index (χ4n) is 4.61. The Morgan fingerprint density at radius 1 is 0.905 bits per heavy atom. The number of carbonyl (C=O) groups is 1. The molecule has 42 heavy (non-hydrogen) atoms. The van der Waals surface area contributed by atoms with E-state index >= 15 is 0 Å². The molecule has 232 valence electrons. The Morgan fingerprint density at radius 2 is 1.52 bits per heavy atom. The molecule has 1 heterocycles. The molecule has 0 fully saturated rings. The monoisotopic (exact) mass is 610 g/mol. The molecule has 1 N–H and O–H groups in total. The number of nitrogens with zero attached hydrogens (tertiary/aromatic N) is 1. The van der Waals surface area contributed by atoms with E-state index in [-0.39, 0.29) is 28.0 Å². The number of hydrogen-bond acceptors (Lipinski definition) is 6. The summed E-state index contributed by atoms with van der Waals surface area (Å²) in [5.74, 6) is 0.667. The van der Waals surface area contributed by atoms with Crippen molar-refractivity contribution in [3.63, 3.8) is 0 Å². The minimum Gasteiger partial charge on any atom is -0.494 e. The zero-order valence-corrected chi connectivity index (χ0v) is 25.4. The average Bonchev–Trinajstić information content (AvgIpc) is 3.31. The first-order valence-corrected chi connectivity index (χ1v) is 16.1. The lowest BCUT2D eigenvalue weighted by atomic mass is 9.98. The third kappa shape index (κ3) is 8.97. The fraction of sp³-hybridized carbons (Fsp3) is 0.516. The number of aryl methyl sites for hydroxylation is 1. The zero-order valence-electron chi connectivity index (χ0n) is 24.6. The molecule has 0 unspecified atom stereocenters. The summed E-state index contributed by atoms with van der Waals surface area (Å²) in [6.45, 7) is 10.1. The van der Waals surface area contributed by atoms with E-state index in [9.17, 15) is 26.4 Å². The van der Waals surface area contributed by atoms with Crippen LogP contribution in [0.2, 0.25) is 0 Å². The van der Waals surface area contributed by atoms with Gasteiger partial charge < -0.3 is 14.1 Å². The first kappa shape index (κ1) is 33.5. The molecule has 0 saturated heterocycles. The van der Waals surface area contributed by atoms with Gasteiger partial charge in [-0.1, -0.05) is 40.0 Å². The van der Waals surface area contributed by atoms with Crippen molar-refractivity contribution in [2.45, 2.75) is 77.6 Å². The lowest BCUT2D eigenvalue weighted by molar-refractivity contribution is -0.0429. The number of ether oxygens (including phenoxy) is 1. The number of fused-ring (bicyclic) bond motifs is 1. The molecule has 3 aromatic rings. The topological polar surface area (TPSA) is 88.8 Å². The predicted molar refractivity (Wildman–Crippen MR) is 160 cm³/mol. The summed E-state index contributed by atoms with van der Waals surface area (Å²) in [5, 5.41) is 0.240. The lowest BCUT2D eigenvalue weighted by Crippen LogP contribution is -2.29. The van der Waals surface area contributed by atoms with Crippen LogP contribution in [0.4, 0.5) is 18.9 Å². The number of anilines is 1. The van der Waals surface area contributed by atoms with Crippen molar-refractivity contribution >= 4 is 32.5 Å². The Kier molecular flexibility index (Phi) is 12.3. The van der Waals surface area contributed by atoms with E-state index < -0.39 is 15.5 Å². The van der Waals surface area contributed by atoms with Crippen LogP contribution in [-0.2, 0) is 16.4 Å². The molecule has 11 heteroatoms. The molecule has 3 rings (SSSR count). The number of unbranched alkanes of at least 4 members (excludes halogenated alkanes) is 3. The van der Waals surface area contributed by atoms with Crippen LogP contribution in [0.5, 0.6) is 5.75 Å². The normalized spacial score (nSPS) is 12.3. The van der Waals surface area contributed by atoms with Crippen LogP contribution < -0.4 is 9.46 Å². The molecule has 2 aromatic carbocycles. The van der Waals surface area contributed by atoms with Crippen molar-refractivity contribution in [1.29, 1.82) is 0 Å². The van der Waals surface area contributed by atoms with Crippen LogP contribution >= 0.6 is 0 Å². The Hall–Kier alpha value is -3.05. The Morgan fingerprint density at radius 3 is 2.12 bits per heavy atom. The molecule has 0 bridgehead atoms. The maximum atomic E-state index is 13.7. The van der Waals surface area contributed by atoms with E-state index in [2.05, 4.69) is 18.7 Å². The van der Waals surface area contributed by atoms with Gasteiger partial charge in [0.2, 0.25) is 0 Å². The van der Waals surface area contributed by atoms with Crippen LogP contribution in [0.25, 0.3) is 11.0 Å². The van der Waals surface area contributed by atoms with Gasteiger partial charge in [-0.25, -0.2) is 0 Å². The fourth-order valence-corrected chi connectivity index (χ4v) is 5.16. The lowest BCUT2D eigenvalue weighted by Gasteiger charge is -2.21. The highest BCUT2D eigenvalue weighted by Gasteiger charge is 2.46. The largest absolute Gasteiger partial charge is 0.516 e. The summed E-state index contributed by atoms with van der Waals surface area (Å²) < 4.78 is 75.4. The summed E-state index contributed by atoms with van der Waals surface area (Å²) >= 11 is 0. The highest BCUT2D eigenvalue weighted by atomic mass is 32.2. The third-order valence-corrected chi connectivity index (χ3v) is 8.08. The Bertz CT molecular complexity index is 1390. The number of hydrogen-bond donors (Lipinski definition) is 1. The molecule has 0 aliphatic rings. The van der Waals surface area contributed by atoms with Gasteiger partial charge >= 0.3 is 15.5 Å². The third-order valence-electron chi connectivity index (χ3n) is 6.96. The average molecular weight is 611 g/mol. The minimum absolute atomic E-state index is 0.208. The van der Waals surface area contributed by atoms with Crippen molar-refractivity contribution in [3.05, 3.63) is 59.4 Å². The first-order valence-electron chi connectivity index (χ1n) is 14.6. The number of furan rings is 1. The number of nitrogens with one attached hydrogen (secondary N) is 1. The molecule has 0 aliphatic carbocycles. The molecular weight excluding hydrogens is 569 g/mol. The molecule has 0 amide bonds. The van der Waals surface area contributed by atoms with E-state index in [0.717, 1.165) is 51.7 Å². The molecule has 0 spiro atoms. The van der Waals surface area contributed by atoms with Gasteiger partial charge in [0.15, 0.2) is 5.78 Å². The van der Waals surface area contributed by atoms with Crippen LogP contribution in [-0.4, -0.2) is 50.9 Å². The van der Waals surface area contributed by atoms with Crippen molar-refractivity contribution in [2.24, 2.45) is 0 Å². The summed E-state index contributed by atoms with van der Waals surface area (Å²) in [4.78, 5) is 16.1. The Balaban J connectivity index is 1.76. The first-order chi connectivity index (χ1) is 20.0. The van der Waals surface area contributed by atoms with Gasteiger partial charge in [-0.2, -0.15) is 21.6 Å². The minimum atomic E-state index is -5.62. The van der Waals surface area contributed by atoms with Gasteiger partial charge in [0.25, 0.3) is 0 Å². The number of ketones is 1. The van der Waals surface area contributed by atoms with Crippen molar-refractivity contribution in [3.8, 4) is 5.75 Å². The SMILES string of the molecule is CCCCc1oc2ccc(NS(=O)(=O)C(F)(F)F)cc2c1C(=O)c1ccc(OCCCN(CCCC)CCCC)cc1. The van der Waals surface area contributed by atoms with Crippen LogP contribution in [0.15, 0.2) is 46.9 Å². The standard InChI is InChI=1S/C31H41F3N2O5S/c1-4-7-11-28-29(26-22-24(14-17-27(26)41-28)35-42(38,39)31(32,33)34)30(37)23-12-15-25(16-13-23)40-21-10-20-36(18-8-5-2)19-9-6-3/h12-17,22,35H,4-11,18-21H2,1-3H3. The van der Waals surface area contributed by atoms with Gasteiger partial charge in [-0.3, -0.25) is 9.52 Å². The number of halogens is 3. The maximum Gasteiger partial charge on any atom is 0.516 e. The number of sulfonamides is 1. The van der Waals surface area contributed by atoms with Crippen molar-refractivity contribution in [1.82, 2.24) is 4.90 Å². The summed E-state index contributed by atoms with van der Waals surface area (Å²) in [6.07, 6.45) is 7.58. The molecule has 0 saturated carbocycles. The number of alkyl halides is 3. The molecular formula is C31H41F3N2O5S. The van der Waals surface area contributed by atoms with Crippen molar-refractivity contribution in [2.75, 3.05) is 31.0 Å². The zero-order chi connectivity index (χ0) is 30.8. The smallest absolute Gasteiger partial charge is 0.494 e. The second-order valence-electron chi connectivity index (χ2n) is 10.4. The highest BCUT2D eigenvalue weighted by molar-refractivity contribution is 7.93. The predicted octanol–water partition coefficient (Wildman–Crippen LogP) is 7.94. The second kappa shape index (κ2) is 15.4. The summed E-state index contributed by atoms with van der Waals surface area (Å²) in [7, 11) is -5.62. The van der Waals surface area contributed by atoms with Crippen LogP contribution in [0.3, 0.4) is 0 Å². The molecule has 0 radical (unpaired) electrons. The highest BCUT2D eigenvalue weighted by Crippen LogP contribution is 2.33. The summed E-state index contributed by atoms with van der Waals surface area (Å²) in [6, 6.07) is 10.5. The maximum absolute atomic E-state index is 13.7. The van der Waals surface area contributed by atoms with E-state index in [1.165, 1.54) is 31.0 Å². The van der Waals surface area contributed by atoms with E-state index in [0.29, 0.717) is 30.1 Å². The van der Waals surface area contributed by atoms with Gasteiger partial charge in [-0.05, 0) is 81.2 Å². The van der Waals surface area contributed by atoms with Gasteiger partial charge in [0, 0.05) is 29.6 Å². The van der Waals surface area contributed by atoms with Gasteiger partial charge in [-0.15, -0.1) is 0 Å². The van der Waals surface area contributed by atoms with Crippen LogP contribution in [0, 0.1) is 0 Å². The number of benzene rings is 2. The number of carbonyl (C=O) groups excluding carboxylic acids is 1. The molecule has 7 nitrogen and oxygen atoms in total. The second-order valence-corrected chi connectivity index (χ2v) is 12.0. The number of rotatable bonds is 18. The Labute approximate surface area is 246 Å². The summed E-state index contributed by atoms with van der Waals surface area (Å²) in [5.41, 5.74) is -4.94. The van der Waals surface area contributed by atoms with Crippen LogP contribution in [0.1, 0.15) is 87.4 Å². The quantitative estimate of drug-likeness (QED) is 0.116. The van der Waals surface area contributed by atoms with Gasteiger partial charge in [0.1, 0.15) is 17.1 Å². The molecule has 1 aromatic heterocycles. The van der Waals surface area contributed by atoms with E-state index in [1.807, 2.05) is 6.92 Å². The molecule has 0 atom stereocenters.